The second-order valence-electron chi connectivity index (χ2n) is 5.02. The van der Waals surface area contributed by atoms with E-state index in [-0.39, 0.29) is 0 Å². The monoisotopic (exact) mass is 194 g/mol. The van der Waals surface area contributed by atoms with E-state index in [1.54, 1.807) is 0 Å². The molecule has 2 atom stereocenters. The van der Waals surface area contributed by atoms with Gasteiger partial charge in [0, 0.05) is 0 Å². The van der Waals surface area contributed by atoms with E-state index in [0.717, 1.165) is 12.8 Å². The minimum atomic E-state index is -0.676. The fourth-order valence-corrected chi connectivity index (χ4v) is 2.04. The number of rotatable bonds is 2. The Morgan fingerprint density at radius 2 is 2.14 bits per heavy atom. The van der Waals surface area contributed by atoms with Crippen molar-refractivity contribution in [1.29, 1.82) is 0 Å². The molecule has 0 heterocycles. The zero-order valence-electron chi connectivity index (χ0n) is 9.75. The molecule has 1 N–H and O–H groups in total. The fraction of sp³-hybridized carbons (Fsp3) is 0.692. The molecule has 0 saturated carbocycles. The van der Waals surface area contributed by atoms with E-state index in [2.05, 4.69) is 19.9 Å². The molecule has 1 nitrogen and oxygen atoms in total. The van der Waals surface area contributed by atoms with E-state index < -0.39 is 5.60 Å². The first-order valence-corrected chi connectivity index (χ1v) is 5.51. The summed E-state index contributed by atoms with van der Waals surface area (Å²) in [6.45, 7) is 8.53. The van der Waals surface area contributed by atoms with Crippen LogP contribution in [0.3, 0.4) is 0 Å². The van der Waals surface area contributed by atoms with Crippen molar-refractivity contribution >= 4 is 0 Å². The van der Waals surface area contributed by atoms with Gasteiger partial charge < -0.3 is 5.11 Å². The zero-order valence-corrected chi connectivity index (χ0v) is 9.75. The van der Waals surface area contributed by atoms with E-state index in [1.165, 1.54) is 5.57 Å². The molecule has 0 bridgehead atoms. The highest BCUT2D eigenvalue weighted by molar-refractivity contribution is 5.20. The average molecular weight is 194 g/mol. The topological polar surface area (TPSA) is 20.2 Å². The van der Waals surface area contributed by atoms with Crippen molar-refractivity contribution in [1.82, 2.24) is 0 Å². The zero-order chi connectivity index (χ0) is 10.8. The molecule has 0 amide bonds. The van der Waals surface area contributed by atoms with Gasteiger partial charge in [-0.1, -0.05) is 37.6 Å². The maximum atomic E-state index is 10.2. The summed E-state index contributed by atoms with van der Waals surface area (Å²) < 4.78 is 0. The van der Waals surface area contributed by atoms with Crippen LogP contribution in [0.25, 0.3) is 0 Å². The molecule has 0 saturated heterocycles. The highest BCUT2D eigenvalue weighted by atomic mass is 16.3. The quantitative estimate of drug-likeness (QED) is 0.669. The van der Waals surface area contributed by atoms with Gasteiger partial charge in [-0.25, -0.2) is 0 Å². The molecule has 1 heteroatoms. The van der Waals surface area contributed by atoms with Crippen molar-refractivity contribution in [2.45, 2.75) is 46.1 Å². The molecule has 0 fully saturated rings. The highest BCUT2D eigenvalue weighted by Crippen LogP contribution is 2.31. The molecule has 1 aliphatic carbocycles. The lowest BCUT2D eigenvalue weighted by Gasteiger charge is -2.30. The van der Waals surface area contributed by atoms with Crippen molar-refractivity contribution < 1.29 is 5.11 Å². The van der Waals surface area contributed by atoms with Gasteiger partial charge in [0.05, 0.1) is 0 Å². The number of hydrogen-bond donors (Lipinski definition) is 1. The van der Waals surface area contributed by atoms with Gasteiger partial charge in [0.1, 0.15) is 5.60 Å². The molecule has 1 aliphatic rings. The summed E-state index contributed by atoms with van der Waals surface area (Å²) in [5.74, 6) is 1.32. The van der Waals surface area contributed by atoms with Crippen LogP contribution in [0.5, 0.6) is 0 Å². The SMILES string of the molecule is CC(C)=CC1(O)C=CC(C(C)C)CC1. The third-order valence-corrected chi connectivity index (χ3v) is 2.91. The van der Waals surface area contributed by atoms with Crippen LogP contribution in [0.15, 0.2) is 23.8 Å². The number of hydrogen-bond acceptors (Lipinski definition) is 1. The Balaban J connectivity index is 2.72. The van der Waals surface area contributed by atoms with Crippen molar-refractivity contribution in [3.63, 3.8) is 0 Å². The Morgan fingerprint density at radius 3 is 2.50 bits per heavy atom. The molecular weight excluding hydrogens is 172 g/mol. The Morgan fingerprint density at radius 1 is 1.50 bits per heavy atom. The predicted molar refractivity (Wildman–Crippen MR) is 61.1 cm³/mol. The van der Waals surface area contributed by atoms with E-state index in [4.69, 9.17) is 0 Å². The van der Waals surface area contributed by atoms with E-state index in [1.807, 2.05) is 26.0 Å². The fourth-order valence-electron chi connectivity index (χ4n) is 2.04. The third-order valence-electron chi connectivity index (χ3n) is 2.91. The predicted octanol–water partition coefficient (Wildman–Crippen LogP) is 3.31. The number of allylic oxidation sites excluding steroid dienone is 2. The standard InChI is InChI=1S/C13H22O/c1-10(2)9-13(14)7-5-12(6-8-13)11(3)4/h5,7,9,11-12,14H,6,8H2,1-4H3. The molecule has 0 aromatic heterocycles. The van der Waals surface area contributed by atoms with Gasteiger partial charge in [-0.2, -0.15) is 0 Å². The summed E-state index contributed by atoms with van der Waals surface area (Å²) in [5.41, 5.74) is 0.504. The molecule has 0 spiro atoms. The van der Waals surface area contributed by atoms with Crippen LogP contribution < -0.4 is 0 Å². The van der Waals surface area contributed by atoms with Crippen molar-refractivity contribution in [2.75, 3.05) is 0 Å². The Hall–Kier alpha value is -0.560. The molecule has 0 aromatic carbocycles. The van der Waals surface area contributed by atoms with Gasteiger partial charge in [-0.3, -0.25) is 0 Å². The second-order valence-corrected chi connectivity index (χ2v) is 5.02. The van der Waals surface area contributed by atoms with Gasteiger partial charge in [0.25, 0.3) is 0 Å². The second kappa shape index (κ2) is 4.31. The van der Waals surface area contributed by atoms with E-state index in [9.17, 15) is 5.11 Å². The molecular formula is C13H22O. The average Bonchev–Trinajstić information content (AvgIpc) is 2.02. The largest absolute Gasteiger partial charge is 0.382 e. The smallest absolute Gasteiger partial charge is 0.101 e. The molecule has 0 aromatic rings. The minimum absolute atomic E-state index is 0.640. The Kier molecular flexibility index (Phi) is 3.54. The maximum Gasteiger partial charge on any atom is 0.101 e. The van der Waals surface area contributed by atoms with Gasteiger partial charge in [0.2, 0.25) is 0 Å². The highest BCUT2D eigenvalue weighted by Gasteiger charge is 2.27. The normalized spacial score (nSPS) is 32.0. The summed E-state index contributed by atoms with van der Waals surface area (Å²) in [4.78, 5) is 0. The van der Waals surface area contributed by atoms with E-state index >= 15 is 0 Å². The van der Waals surface area contributed by atoms with Gasteiger partial charge in [0.15, 0.2) is 0 Å². The van der Waals surface area contributed by atoms with Crippen LogP contribution >= 0.6 is 0 Å². The Labute approximate surface area is 87.5 Å². The lowest BCUT2D eigenvalue weighted by Crippen LogP contribution is -2.28. The van der Waals surface area contributed by atoms with Gasteiger partial charge in [-0.05, 0) is 38.5 Å². The Bertz CT molecular complexity index is 246. The molecule has 1 rings (SSSR count). The van der Waals surface area contributed by atoms with E-state index in [0.29, 0.717) is 11.8 Å². The molecule has 2 unspecified atom stereocenters. The lowest BCUT2D eigenvalue weighted by atomic mass is 9.80. The summed E-state index contributed by atoms with van der Waals surface area (Å²) in [7, 11) is 0. The first kappa shape index (κ1) is 11.5. The van der Waals surface area contributed by atoms with Crippen LogP contribution in [0, 0.1) is 11.8 Å². The van der Waals surface area contributed by atoms with Crippen LogP contribution in [0.4, 0.5) is 0 Å². The summed E-state index contributed by atoms with van der Waals surface area (Å²) in [6.07, 6.45) is 8.05. The molecule has 14 heavy (non-hydrogen) atoms. The third kappa shape index (κ3) is 2.98. The van der Waals surface area contributed by atoms with Crippen molar-refractivity contribution in [2.24, 2.45) is 11.8 Å². The van der Waals surface area contributed by atoms with Crippen LogP contribution in [-0.2, 0) is 0 Å². The number of aliphatic hydroxyl groups is 1. The first-order chi connectivity index (χ1) is 6.43. The molecule has 80 valence electrons. The van der Waals surface area contributed by atoms with Gasteiger partial charge >= 0.3 is 0 Å². The van der Waals surface area contributed by atoms with Gasteiger partial charge in [-0.15, -0.1) is 0 Å². The first-order valence-electron chi connectivity index (χ1n) is 5.51. The summed E-state index contributed by atoms with van der Waals surface area (Å²) in [6, 6.07) is 0. The molecule has 0 radical (unpaired) electrons. The van der Waals surface area contributed by atoms with Crippen LogP contribution in [0.2, 0.25) is 0 Å². The summed E-state index contributed by atoms with van der Waals surface area (Å²) in [5, 5.41) is 10.2. The van der Waals surface area contributed by atoms with Crippen molar-refractivity contribution in [3.8, 4) is 0 Å². The van der Waals surface area contributed by atoms with Crippen molar-refractivity contribution in [3.05, 3.63) is 23.8 Å². The lowest BCUT2D eigenvalue weighted by molar-refractivity contribution is 0.112. The summed E-state index contributed by atoms with van der Waals surface area (Å²) >= 11 is 0. The van der Waals surface area contributed by atoms with Crippen LogP contribution in [-0.4, -0.2) is 10.7 Å². The maximum absolute atomic E-state index is 10.2. The minimum Gasteiger partial charge on any atom is -0.382 e. The van der Waals surface area contributed by atoms with Crippen LogP contribution in [0.1, 0.15) is 40.5 Å². The molecule has 0 aliphatic heterocycles.